The SMILES string of the molecule is CNC(=O)C(C)(C)CC(C)(CC(C)(Br)C(=O)O)C(=O)NCCO. The van der Waals surface area contributed by atoms with Crippen LogP contribution >= 0.6 is 15.9 Å². The maximum atomic E-state index is 12.5. The summed E-state index contributed by atoms with van der Waals surface area (Å²) in [6, 6.07) is 0. The zero-order valence-electron chi connectivity index (χ0n) is 14.3. The first-order valence-corrected chi connectivity index (χ1v) is 8.15. The van der Waals surface area contributed by atoms with Crippen LogP contribution in [0.2, 0.25) is 0 Å². The molecule has 0 aliphatic carbocycles. The number of rotatable bonds is 9. The van der Waals surface area contributed by atoms with E-state index in [-0.39, 0.29) is 31.9 Å². The molecule has 0 radical (unpaired) electrons. The lowest BCUT2D eigenvalue weighted by molar-refractivity contribution is -0.142. The van der Waals surface area contributed by atoms with Gasteiger partial charge in [0, 0.05) is 24.4 Å². The molecule has 7 nitrogen and oxygen atoms in total. The highest BCUT2D eigenvalue weighted by atomic mass is 79.9. The van der Waals surface area contributed by atoms with Crippen LogP contribution in [-0.4, -0.2) is 52.5 Å². The number of carbonyl (C=O) groups excluding carboxylic acids is 2. The lowest BCUT2D eigenvalue weighted by atomic mass is 9.69. The molecule has 2 amide bonds. The molecule has 0 aliphatic rings. The van der Waals surface area contributed by atoms with Gasteiger partial charge in [0.05, 0.1) is 6.61 Å². The Bertz CT molecular complexity index is 465. The topological polar surface area (TPSA) is 116 Å². The molecule has 23 heavy (non-hydrogen) atoms. The maximum Gasteiger partial charge on any atom is 0.320 e. The lowest BCUT2D eigenvalue weighted by Crippen LogP contribution is -2.49. The highest BCUT2D eigenvalue weighted by Gasteiger charge is 2.47. The van der Waals surface area contributed by atoms with Gasteiger partial charge in [-0.25, -0.2) is 0 Å². The zero-order valence-corrected chi connectivity index (χ0v) is 15.9. The fraction of sp³-hybridized carbons (Fsp3) is 0.800. The van der Waals surface area contributed by atoms with Gasteiger partial charge < -0.3 is 20.8 Å². The van der Waals surface area contributed by atoms with Crippen LogP contribution in [0.1, 0.15) is 40.5 Å². The highest BCUT2D eigenvalue weighted by molar-refractivity contribution is 9.10. The van der Waals surface area contributed by atoms with E-state index in [1.54, 1.807) is 20.8 Å². The van der Waals surface area contributed by atoms with Gasteiger partial charge in [0.2, 0.25) is 11.8 Å². The standard InChI is InChI=1S/C15H27BrN2O5/c1-13(2,10(20)17-5)8-14(3,11(21)18-6-7-19)9-15(4,16)12(22)23/h19H,6-9H2,1-5H3,(H,17,20)(H,18,21)(H,22,23). The van der Waals surface area contributed by atoms with Crippen LogP contribution in [0.25, 0.3) is 0 Å². The van der Waals surface area contributed by atoms with Crippen LogP contribution in [0.5, 0.6) is 0 Å². The molecule has 4 N–H and O–H groups in total. The number of nitrogens with one attached hydrogen (secondary N) is 2. The summed E-state index contributed by atoms with van der Waals surface area (Å²) in [6.07, 6.45) is 0.151. The Hall–Kier alpha value is -1.15. The minimum atomic E-state index is -1.31. The number of aliphatic hydroxyl groups excluding tert-OH is 1. The summed E-state index contributed by atoms with van der Waals surface area (Å²) in [5, 5.41) is 23.3. The molecule has 2 unspecified atom stereocenters. The van der Waals surface area contributed by atoms with Crippen molar-refractivity contribution >= 4 is 33.7 Å². The van der Waals surface area contributed by atoms with Crippen molar-refractivity contribution in [3.05, 3.63) is 0 Å². The van der Waals surface area contributed by atoms with E-state index in [4.69, 9.17) is 5.11 Å². The van der Waals surface area contributed by atoms with Crippen molar-refractivity contribution in [1.82, 2.24) is 10.6 Å². The van der Waals surface area contributed by atoms with E-state index in [0.29, 0.717) is 0 Å². The van der Waals surface area contributed by atoms with Gasteiger partial charge >= 0.3 is 5.97 Å². The van der Waals surface area contributed by atoms with Crippen LogP contribution in [0, 0.1) is 10.8 Å². The van der Waals surface area contributed by atoms with Crippen LogP contribution in [-0.2, 0) is 14.4 Å². The second-order valence-electron chi connectivity index (χ2n) is 6.86. The summed E-state index contributed by atoms with van der Waals surface area (Å²) < 4.78 is -1.31. The van der Waals surface area contributed by atoms with Gasteiger partial charge in [-0.3, -0.25) is 14.4 Å². The number of carboxylic acids is 1. The molecule has 0 aliphatic heterocycles. The molecule has 0 aromatic heterocycles. The molecule has 2 atom stereocenters. The summed E-state index contributed by atoms with van der Waals surface area (Å²) in [5.41, 5.74) is -1.97. The third kappa shape index (κ3) is 6.10. The Balaban J connectivity index is 5.58. The first-order chi connectivity index (χ1) is 10.3. The summed E-state index contributed by atoms with van der Waals surface area (Å²) >= 11 is 3.15. The van der Waals surface area contributed by atoms with Crippen LogP contribution < -0.4 is 10.6 Å². The molecule has 0 fully saturated rings. The van der Waals surface area contributed by atoms with E-state index in [1.165, 1.54) is 14.0 Å². The minimum Gasteiger partial charge on any atom is -0.480 e. The number of hydrogen-bond donors (Lipinski definition) is 4. The number of halogens is 1. The van der Waals surface area contributed by atoms with E-state index >= 15 is 0 Å². The van der Waals surface area contributed by atoms with Gasteiger partial charge in [-0.15, -0.1) is 0 Å². The molecular formula is C15H27BrN2O5. The minimum absolute atomic E-state index is 0.00693. The summed E-state index contributed by atoms with van der Waals surface area (Å²) in [5.74, 6) is -1.71. The van der Waals surface area contributed by atoms with E-state index < -0.39 is 27.0 Å². The molecule has 8 heteroatoms. The van der Waals surface area contributed by atoms with Crippen LogP contribution in [0.3, 0.4) is 0 Å². The lowest BCUT2D eigenvalue weighted by Gasteiger charge is -2.38. The molecule has 0 saturated heterocycles. The molecule has 0 rings (SSSR count). The number of carboxylic acid groups (broad SMARTS) is 1. The van der Waals surface area contributed by atoms with Crippen molar-refractivity contribution in [2.45, 2.75) is 44.9 Å². The molecule has 0 heterocycles. The molecule has 0 bridgehead atoms. The van der Waals surface area contributed by atoms with Crippen molar-refractivity contribution in [1.29, 1.82) is 0 Å². The Kier molecular flexibility index (Phi) is 7.69. The van der Waals surface area contributed by atoms with Crippen molar-refractivity contribution < 1.29 is 24.6 Å². The second-order valence-corrected chi connectivity index (χ2v) is 8.61. The van der Waals surface area contributed by atoms with Crippen molar-refractivity contribution in [2.75, 3.05) is 20.2 Å². The molecule has 0 aromatic carbocycles. The first kappa shape index (κ1) is 21.9. The number of amides is 2. The van der Waals surface area contributed by atoms with Crippen molar-refractivity contribution in [3.63, 3.8) is 0 Å². The average molecular weight is 395 g/mol. The van der Waals surface area contributed by atoms with Gasteiger partial charge in [0.1, 0.15) is 4.32 Å². The Morgan fingerprint density at radius 2 is 1.57 bits per heavy atom. The summed E-state index contributed by atoms with van der Waals surface area (Å²) in [6.45, 7) is 6.37. The monoisotopic (exact) mass is 394 g/mol. The van der Waals surface area contributed by atoms with Crippen LogP contribution in [0.4, 0.5) is 0 Å². The molecule has 134 valence electrons. The fourth-order valence-electron chi connectivity index (χ4n) is 2.81. The first-order valence-electron chi connectivity index (χ1n) is 7.36. The molecular weight excluding hydrogens is 368 g/mol. The predicted molar refractivity (Wildman–Crippen MR) is 90.3 cm³/mol. The number of aliphatic hydroxyl groups is 1. The largest absolute Gasteiger partial charge is 0.480 e. The average Bonchev–Trinajstić information content (AvgIpc) is 2.41. The summed E-state index contributed by atoms with van der Waals surface area (Å²) in [7, 11) is 1.51. The quantitative estimate of drug-likeness (QED) is 0.433. The van der Waals surface area contributed by atoms with E-state index in [0.717, 1.165) is 0 Å². The third-order valence-electron chi connectivity index (χ3n) is 3.79. The van der Waals surface area contributed by atoms with E-state index in [9.17, 15) is 19.5 Å². The molecule has 0 aromatic rings. The Labute approximate surface area is 145 Å². The molecule has 0 spiro atoms. The summed E-state index contributed by atoms with van der Waals surface area (Å²) in [4.78, 5) is 36.0. The van der Waals surface area contributed by atoms with Crippen LogP contribution in [0.15, 0.2) is 0 Å². The predicted octanol–water partition coefficient (Wildman–Crippen LogP) is 0.892. The Morgan fingerprint density at radius 1 is 1.04 bits per heavy atom. The van der Waals surface area contributed by atoms with Gasteiger partial charge in [0.15, 0.2) is 0 Å². The van der Waals surface area contributed by atoms with Gasteiger partial charge in [0.25, 0.3) is 0 Å². The maximum absolute atomic E-state index is 12.5. The highest BCUT2D eigenvalue weighted by Crippen LogP contribution is 2.42. The molecule has 0 saturated carbocycles. The van der Waals surface area contributed by atoms with Gasteiger partial charge in [-0.1, -0.05) is 36.7 Å². The fourth-order valence-corrected chi connectivity index (χ4v) is 3.43. The van der Waals surface area contributed by atoms with Gasteiger partial charge in [-0.05, 0) is 19.8 Å². The van der Waals surface area contributed by atoms with Gasteiger partial charge in [-0.2, -0.15) is 0 Å². The number of hydrogen-bond acceptors (Lipinski definition) is 4. The van der Waals surface area contributed by atoms with E-state index in [2.05, 4.69) is 26.6 Å². The zero-order chi connectivity index (χ0) is 18.5. The second kappa shape index (κ2) is 8.10. The number of aliphatic carboxylic acids is 1. The van der Waals surface area contributed by atoms with Crippen molar-refractivity contribution in [2.24, 2.45) is 10.8 Å². The normalized spacial score (nSPS) is 16.8. The third-order valence-corrected chi connectivity index (χ3v) is 4.41. The Morgan fingerprint density at radius 3 is 1.96 bits per heavy atom. The number of alkyl halides is 1. The van der Waals surface area contributed by atoms with Crippen molar-refractivity contribution in [3.8, 4) is 0 Å². The number of carbonyl (C=O) groups is 3. The van der Waals surface area contributed by atoms with E-state index in [1.807, 2.05) is 0 Å². The smallest absolute Gasteiger partial charge is 0.320 e.